The summed E-state index contributed by atoms with van der Waals surface area (Å²) in [5.74, 6) is 1.83. The highest BCUT2D eigenvalue weighted by Gasteiger charge is 2.47. The van der Waals surface area contributed by atoms with E-state index < -0.39 is 0 Å². The minimum absolute atomic E-state index is 0.101. The van der Waals surface area contributed by atoms with Gasteiger partial charge in [-0.1, -0.05) is 13.3 Å². The second-order valence-electron chi connectivity index (χ2n) is 8.77. The summed E-state index contributed by atoms with van der Waals surface area (Å²) in [4.78, 5) is 14.6. The molecule has 1 aromatic rings. The highest BCUT2D eigenvalue weighted by atomic mass is 16.5. The van der Waals surface area contributed by atoms with Crippen LogP contribution in [0.5, 0.6) is 11.5 Å². The summed E-state index contributed by atoms with van der Waals surface area (Å²) in [6, 6.07) is 3.54. The molecule has 1 aromatic carbocycles. The minimum atomic E-state index is -0.250. The Morgan fingerprint density at radius 1 is 1.35 bits per heavy atom. The van der Waals surface area contributed by atoms with Crippen molar-refractivity contribution in [3.8, 4) is 11.5 Å². The number of likely N-dealkylation sites (N-methyl/N-ethyl adjacent to an activating group) is 1. The number of aromatic hydroxyl groups is 1. The zero-order valence-corrected chi connectivity index (χ0v) is 16.6. The minimum Gasteiger partial charge on any atom is -0.507 e. The maximum atomic E-state index is 12.6. The standard InChI is InChI=1S/C21H32N2O3/c1-13-6-8-16-15(12-13)18-17(26-21(16,2)3)9-7-14(19(18)24)20(25)22-10-11-23(4)5/h7,9,13,15-16,24H,6,8,10-12H2,1-5H3,(H,22,25)/t13-,15-,16-/m1/s1. The molecule has 0 spiro atoms. The molecule has 0 unspecified atom stereocenters. The molecule has 0 bridgehead atoms. The van der Waals surface area contributed by atoms with E-state index in [1.165, 1.54) is 6.42 Å². The molecule has 5 nitrogen and oxygen atoms in total. The lowest BCUT2D eigenvalue weighted by Crippen LogP contribution is -2.46. The normalized spacial score (nSPS) is 26.6. The number of nitrogens with zero attached hydrogens (tertiary/aromatic N) is 1. The van der Waals surface area contributed by atoms with E-state index in [2.05, 4.69) is 26.1 Å². The number of hydrogen-bond donors (Lipinski definition) is 2. The van der Waals surface area contributed by atoms with Gasteiger partial charge >= 0.3 is 0 Å². The zero-order valence-electron chi connectivity index (χ0n) is 16.6. The number of carbonyl (C=O) groups is 1. The van der Waals surface area contributed by atoms with Crippen LogP contribution in [0.1, 0.15) is 61.9 Å². The van der Waals surface area contributed by atoms with Gasteiger partial charge in [0.05, 0.1) is 5.56 Å². The third kappa shape index (κ3) is 3.54. The molecule has 3 atom stereocenters. The summed E-state index contributed by atoms with van der Waals surface area (Å²) in [6.07, 6.45) is 3.31. The van der Waals surface area contributed by atoms with Crippen LogP contribution >= 0.6 is 0 Å². The number of fused-ring (bicyclic) bond motifs is 3. The van der Waals surface area contributed by atoms with Crippen molar-refractivity contribution in [2.24, 2.45) is 11.8 Å². The molecule has 144 valence electrons. The van der Waals surface area contributed by atoms with E-state index >= 15 is 0 Å². The van der Waals surface area contributed by atoms with Crippen LogP contribution in [0.4, 0.5) is 0 Å². The molecular formula is C21H32N2O3. The molecule has 0 aromatic heterocycles. The number of rotatable bonds is 4. The molecule has 1 amide bonds. The molecule has 1 fully saturated rings. The molecular weight excluding hydrogens is 328 g/mol. The van der Waals surface area contributed by atoms with E-state index in [9.17, 15) is 9.90 Å². The fourth-order valence-corrected chi connectivity index (χ4v) is 4.60. The van der Waals surface area contributed by atoms with Crippen LogP contribution in [0, 0.1) is 11.8 Å². The summed E-state index contributed by atoms with van der Waals surface area (Å²) >= 11 is 0. The molecule has 1 aliphatic carbocycles. The summed E-state index contributed by atoms with van der Waals surface area (Å²) < 4.78 is 6.25. The van der Waals surface area contributed by atoms with Gasteiger partial charge < -0.3 is 20.1 Å². The number of phenols is 1. The Kier molecular flexibility index (Phi) is 5.20. The van der Waals surface area contributed by atoms with E-state index in [1.807, 2.05) is 25.1 Å². The Hall–Kier alpha value is -1.75. The maximum Gasteiger partial charge on any atom is 0.255 e. The predicted molar refractivity (Wildman–Crippen MR) is 103 cm³/mol. The highest BCUT2D eigenvalue weighted by Crippen LogP contribution is 2.55. The molecule has 2 aliphatic rings. The van der Waals surface area contributed by atoms with Gasteiger partial charge in [0.15, 0.2) is 0 Å². The Morgan fingerprint density at radius 2 is 2.08 bits per heavy atom. The van der Waals surface area contributed by atoms with Gasteiger partial charge in [-0.15, -0.1) is 0 Å². The van der Waals surface area contributed by atoms with Crippen LogP contribution in [0.3, 0.4) is 0 Å². The fraction of sp³-hybridized carbons (Fsp3) is 0.667. The molecule has 1 aliphatic heterocycles. The first-order valence-corrected chi connectivity index (χ1v) is 9.68. The quantitative estimate of drug-likeness (QED) is 0.864. The molecule has 0 radical (unpaired) electrons. The maximum absolute atomic E-state index is 12.6. The van der Waals surface area contributed by atoms with Crippen LogP contribution in [-0.4, -0.2) is 48.7 Å². The van der Waals surface area contributed by atoms with E-state index in [0.717, 1.165) is 30.7 Å². The van der Waals surface area contributed by atoms with Crippen molar-refractivity contribution < 1.29 is 14.6 Å². The van der Waals surface area contributed by atoms with Crippen molar-refractivity contribution in [3.05, 3.63) is 23.3 Å². The van der Waals surface area contributed by atoms with Crippen molar-refractivity contribution in [3.63, 3.8) is 0 Å². The largest absolute Gasteiger partial charge is 0.507 e. The van der Waals surface area contributed by atoms with Crippen LogP contribution in [0.25, 0.3) is 0 Å². The van der Waals surface area contributed by atoms with Crippen molar-refractivity contribution >= 4 is 5.91 Å². The molecule has 2 N–H and O–H groups in total. The smallest absolute Gasteiger partial charge is 0.255 e. The molecule has 3 rings (SSSR count). The number of hydrogen-bond acceptors (Lipinski definition) is 4. The van der Waals surface area contributed by atoms with Crippen molar-refractivity contribution in [1.29, 1.82) is 0 Å². The van der Waals surface area contributed by atoms with Gasteiger partial charge in [0.25, 0.3) is 5.91 Å². The van der Waals surface area contributed by atoms with Crippen LogP contribution in [0.2, 0.25) is 0 Å². The van der Waals surface area contributed by atoms with Crippen LogP contribution in [-0.2, 0) is 0 Å². The average molecular weight is 360 g/mol. The summed E-state index contributed by atoms with van der Waals surface area (Å²) in [7, 11) is 3.93. The Bertz CT molecular complexity index is 684. The second-order valence-corrected chi connectivity index (χ2v) is 8.77. The molecule has 5 heteroatoms. The van der Waals surface area contributed by atoms with E-state index in [1.54, 1.807) is 6.07 Å². The molecule has 26 heavy (non-hydrogen) atoms. The number of phenolic OH excluding ortho intramolecular Hbond substituents is 1. The molecule has 0 saturated heterocycles. The third-order valence-corrected chi connectivity index (χ3v) is 6.02. The number of benzene rings is 1. The first-order valence-electron chi connectivity index (χ1n) is 9.68. The topological polar surface area (TPSA) is 61.8 Å². The van der Waals surface area contributed by atoms with Crippen LogP contribution < -0.4 is 10.1 Å². The van der Waals surface area contributed by atoms with Gasteiger partial charge in [-0.3, -0.25) is 4.79 Å². The fourth-order valence-electron chi connectivity index (χ4n) is 4.60. The number of amides is 1. The lowest BCUT2D eigenvalue weighted by Gasteiger charge is -2.48. The molecule has 1 saturated carbocycles. The lowest BCUT2D eigenvalue weighted by atomic mass is 9.64. The summed E-state index contributed by atoms with van der Waals surface area (Å²) in [5, 5.41) is 13.9. The van der Waals surface area contributed by atoms with E-state index in [-0.39, 0.29) is 23.2 Å². The highest BCUT2D eigenvalue weighted by molar-refractivity contribution is 5.97. The van der Waals surface area contributed by atoms with Gasteiger partial charge in [0.2, 0.25) is 0 Å². The predicted octanol–water partition coefficient (Wildman–Crippen LogP) is 3.37. The average Bonchev–Trinajstić information content (AvgIpc) is 2.53. The van der Waals surface area contributed by atoms with E-state index in [0.29, 0.717) is 23.9 Å². The first kappa shape index (κ1) is 19.0. The van der Waals surface area contributed by atoms with Gasteiger partial charge in [-0.25, -0.2) is 0 Å². The van der Waals surface area contributed by atoms with E-state index in [4.69, 9.17) is 4.74 Å². The molecule has 1 heterocycles. The Morgan fingerprint density at radius 3 is 2.77 bits per heavy atom. The number of nitrogens with one attached hydrogen (secondary N) is 1. The van der Waals surface area contributed by atoms with Gasteiger partial charge in [0, 0.05) is 24.6 Å². The van der Waals surface area contributed by atoms with Gasteiger partial charge in [-0.2, -0.15) is 0 Å². The van der Waals surface area contributed by atoms with Gasteiger partial charge in [-0.05, 0) is 64.8 Å². The summed E-state index contributed by atoms with van der Waals surface area (Å²) in [5.41, 5.74) is 0.934. The van der Waals surface area contributed by atoms with Gasteiger partial charge in [0.1, 0.15) is 17.1 Å². The zero-order chi connectivity index (χ0) is 19.1. The number of carbonyl (C=O) groups excluding carboxylic acids is 1. The second kappa shape index (κ2) is 7.10. The van der Waals surface area contributed by atoms with Crippen LogP contribution in [0.15, 0.2) is 12.1 Å². The summed E-state index contributed by atoms with van der Waals surface area (Å²) in [6.45, 7) is 7.87. The van der Waals surface area contributed by atoms with Crippen molar-refractivity contribution in [2.75, 3.05) is 27.2 Å². The third-order valence-electron chi connectivity index (χ3n) is 6.02. The number of ether oxygens (including phenoxy) is 1. The Labute approximate surface area is 156 Å². The monoisotopic (exact) mass is 360 g/mol. The van der Waals surface area contributed by atoms with Crippen molar-refractivity contribution in [2.45, 2.75) is 51.6 Å². The SMILES string of the molecule is C[C@@H]1CC[C@@H]2[C@@H](C1)c1c(ccc(C(=O)NCCN(C)C)c1O)OC2(C)C. The lowest BCUT2D eigenvalue weighted by molar-refractivity contribution is -0.0145. The first-order chi connectivity index (χ1) is 12.2. The van der Waals surface area contributed by atoms with Crippen molar-refractivity contribution in [1.82, 2.24) is 10.2 Å². The Balaban J connectivity index is 1.92.